The van der Waals surface area contributed by atoms with Gasteiger partial charge >= 0.3 is 0 Å². The minimum absolute atomic E-state index is 0.138. The number of hydrogen-bond donors (Lipinski definition) is 1. The van der Waals surface area contributed by atoms with Crippen molar-refractivity contribution in [2.24, 2.45) is 0 Å². The summed E-state index contributed by atoms with van der Waals surface area (Å²) in [5.74, 6) is -0.138. The summed E-state index contributed by atoms with van der Waals surface area (Å²) >= 11 is 7.32. The van der Waals surface area contributed by atoms with E-state index in [-0.39, 0.29) is 5.91 Å². The van der Waals surface area contributed by atoms with Crippen LogP contribution in [0.4, 0.5) is 11.4 Å². The van der Waals surface area contributed by atoms with E-state index < -0.39 is 0 Å². The number of aromatic nitrogens is 1. The summed E-state index contributed by atoms with van der Waals surface area (Å²) in [6, 6.07) is 13.4. The number of thiazole rings is 1. The molecule has 4 nitrogen and oxygen atoms in total. The molecule has 0 saturated heterocycles. The van der Waals surface area contributed by atoms with Crippen LogP contribution in [0.25, 0.3) is 10.6 Å². The van der Waals surface area contributed by atoms with Crippen LogP contribution < -0.4 is 10.2 Å². The lowest BCUT2D eigenvalue weighted by Crippen LogP contribution is -2.13. The first kappa shape index (κ1) is 18.4. The number of anilines is 2. The Balaban J connectivity index is 1.83. The van der Waals surface area contributed by atoms with Crippen LogP contribution in [0.15, 0.2) is 42.5 Å². The van der Waals surface area contributed by atoms with E-state index in [1.54, 1.807) is 0 Å². The molecular weight excluding hydrogens is 366 g/mol. The van der Waals surface area contributed by atoms with Gasteiger partial charge in [0.2, 0.25) is 0 Å². The standard InChI is InChI=1S/C20H20ClN3OS/c1-12-11-16(24(3)4)9-10-17(12)23-19(25)18-13(2)22-20(26-18)14-5-7-15(21)8-6-14/h5-11H,1-4H3,(H,23,25). The molecule has 0 saturated carbocycles. The van der Waals surface area contributed by atoms with Crippen molar-refractivity contribution in [2.75, 3.05) is 24.3 Å². The van der Waals surface area contributed by atoms with Crippen molar-refractivity contribution in [3.05, 3.63) is 63.6 Å². The monoisotopic (exact) mass is 385 g/mol. The smallest absolute Gasteiger partial charge is 0.267 e. The topological polar surface area (TPSA) is 45.2 Å². The fraction of sp³-hybridized carbons (Fsp3) is 0.200. The van der Waals surface area contributed by atoms with Gasteiger partial charge in [0.25, 0.3) is 5.91 Å². The lowest BCUT2D eigenvalue weighted by atomic mass is 10.1. The highest BCUT2D eigenvalue weighted by Crippen LogP contribution is 2.30. The highest BCUT2D eigenvalue weighted by molar-refractivity contribution is 7.17. The second kappa shape index (κ2) is 7.48. The van der Waals surface area contributed by atoms with Crippen LogP contribution in [0.3, 0.4) is 0 Å². The third kappa shape index (κ3) is 3.89. The number of carbonyl (C=O) groups excluding carboxylic acids is 1. The number of benzene rings is 2. The zero-order valence-electron chi connectivity index (χ0n) is 15.1. The molecule has 1 heterocycles. The molecule has 1 N–H and O–H groups in total. The van der Waals surface area contributed by atoms with Gasteiger partial charge in [0.15, 0.2) is 0 Å². The van der Waals surface area contributed by atoms with E-state index >= 15 is 0 Å². The summed E-state index contributed by atoms with van der Waals surface area (Å²) < 4.78 is 0. The number of nitrogens with zero attached hydrogens (tertiary/aromatic N) is 2. The molecule has 6 heteroatoms. The first-order chi connectivity index (χ1) is 12.3. The van der Waals surface area contributed by atoms with E-state index in [1.807, 2.05) is 75.3 Å². The molecule has 0 atom stereocenters. The summed E-state index contributed by atoms with van der Waals surface area (Å²) in [7, 11) is 3.98. The minimum atomic E-state index is -0.138. The van der Waals surface area contributed by atoms with Crippen molar-refractivity contribution >= 4 is 40.2 Å². The van der Waals surface area contributed by atoms with Gasteiger partial charge in [-0.1, -0.05) is 23.7 Å². The molecular formula is C20H20ClN3OS. The summed E-state index contributed by atoms with van der Waals surface area (Å²) in [5.41, 5.74) is 4.60. The Hall–Kier alpha value is -2.37. The van der Waals surface area contributed by atoms with Gasteiger partial charge in [0, 0.05) is 36.1 Å². The Morgan fingerprint density at radius 1 is 1.12 bits per heavy atom. The Labute approximate surface area is 162 Å². The summed E-state index contributed by atoms with van der Waals surface area (Å²) in [4.78, 5) is 19.9. The predicted octanol–water partition coefficient (Wildman–Crippen LogP) is 5.40. The van der Waals surface area contributed by atoms with E-state index in [2.05, 4.69) is 10.3 Å². The van der Waals surface area contributed by atoms with Crippen LogP contribution >= 0.6 is 22.9 Å². The second-order valence-electron chi connectivity index (χ2n) is 6.29. The van der Waals surface area contributed by atoms with Crippen LogP contribution in [0.1, 0.15) is 20.9 Å². The number of rotatable bonds is 4. The first-order valence-corrected chi connectivity index (χ1v) is 9.37. The molecule has 0 aliphatic carbocycles. The van der Waals surface area contributed by atoms with Gasteiger partial charge in [-0.05, 0) is 49.7 Å². The van der Waals surface area contributed by atoms with E-state index in [4.69, 9.17) is 11.6 Å². The normalized spacial score (nSPS) is 10.7. The maximum atomic E-state index is 12.7. The van der Waals surface area contributed by atoms with Crippen molar-refractivity contribution in [3.8, 4) is 10.6 Å². The van der Waals surface area contributed by atoms with E-state index in [0.29, 0.717) is 9.90 Å². The highest BCUT2D eigenvalue weighted by Gasteiger charge is 2.17. The molecule has 0 bridgehead atoms. The third-order valence-electron chi connectivity index (χ3n) is 4.07. The average molecular weight is 386 g/mol. The number of amides is 1. The number of aryl methyl sites for hydroxylation is 2. The van der Waals surface area contributed by atoms with Gasteiger partial charge in [-0.25, -0.2) is 4.98 Å². The molecule has 26 heavy (non-hydrogen) atoms. The zero-order valence-corrected chi connectivity index (χ0v) is 16.7. The van der Waals surface area contributed by atoms with Crippen molar-refractivity contribution in [2.45, 2.75) is 13.8 Å². The molecule has 3 rings (SSSR count). The lowest BCUT2D eigenvalue weighted by molar-refractivity contribution is 0.102. The molecule has 0 spiro atoms. The summed E-state index contributed by atoms with van der Waals surface area (Å²) in [5, 5.41) is 4.49. The van der Waals surface area contributed by atoms with E-state index in [9.17, 15) is 4.79 Å². The molecule has 0 fully saturated rings. The number of nitrogens with one attached hydrogen (secondary N) is 1. The van der Waals surface area contributed by atoms with Crippen molar-refractivity contribution in [1.29, 1.82) is 0 Å². The Kier molecular flexibility index (Phi) is 5.30. The maximum absolute atomic E-state index is 12.7. The van der Waals surface area contributed by atoms with Crippen LogP contribution in [-0.4, -0.2) is 25.0 Å². The fourth-order valence-electron chi connectivity index (χ4n) is 2.57. The van der Waals surface area contributed by atoms with Gasteiger partial charge in [-0.3, -0.25) is 4.79 Å². The molecule has 1 amide bonds. The van der Waals surface area contributed by atoms with Crippen LogP contribution in [0, 0.1) is 13.8 Å². The van der Waals surface area contributed by atoms with Gasteiger partial charge in [0.05, 0.1) is 5.69 Å². The van der Waals surface area contributed by atoms with Crippen molar-refractivity contribution in [3.63, 3.8) is 0 Å². The molecule has 3 aromatic rings. The number of halogens is 1. The lowest BCUT2D eigenvalue weighted by Gasteiger charge is -2.15. The van der Waals surface area contributed by atoms with Crippen LogP contribution in [0.2, 0.25) is 5.02 Å². The van der Waals surface area contributed by atoms with Gasteiger partial charge in [-0.2, -0.15) is 0 Å². The minimum Gasteiger partial charge on any atom is -0.378 e. The molecule has 1 aromatic heterocycles. The Morgan fingerprint density at radius 2 is 1.81 bits per heavy atom. The van der Waals surface area contributed by atoms with Crippen molar-refractivity contribution < 1.29 is 4.79 Å². The molecule has 0 aliphatic heterocycles. The van der Waals surface area contributed by atoms with Crippen LogP contribution in [-0.2, 0) is 0 Å². The van der Waals surface area contributed by atoms with E-state index in [0.717, 1.165) is 33.2 Å². The average Bonchev–Trinajstić information content (AvgIpc) is 2.99. The van der Waals surface area contributed by atoms with Crippen molar-refractivity contribution in [1.82, 2.24) is 4.98 Å². The quantitative estimate of drug-likeness (QED) is 0.654. The fourth-order valence-corrected chi connectivity index (χ4v) is 3.66. The van der Waals surface area contributed by atoms with E-state index in [1.165, 1.54) is 11.3 Å². The number of carbonyl (C=O) groups is 1. The van der Waals surface area contributed by atoms with Gasteiger partial charge < -0.3 is 10.2 Å². The largest absolute Gasteiger partial charge is 0.378 e. The zero-order chi connectivity index (χ0) is 18.8. The predicted molar refractivity (Wildman–Crippen MR) is 111 cm³/mol. The molecule has 0 aliphatic rings. The SMILES string of the molecule is Cc1cc(N(C)C)ccc1NC(=O)c1sc(-c2ccc(Cl)cc2)nc1C. The molecule has 2 aromatic carbocycles. The van der Waals surface area contributed by atoms with Gasteiger partial charge in [-0.15, -0.1) is 11.3 Å². The summed E-state index contributed by atoms with van der Waals surface area (Å²) in [6.45, 7) is 3.84. The van der Waals surface area contributed by atoms with Crippen LogP contribution in [0.5, 0.6) is 0 Å². The Bertz CT molecular complexity index is 948. The molecule has 0 radical (unpaired) electrons. The Morgan fingerprint density at radius 3 is 2.42 bits per heavy atom. The third-order valence-corrected chi connectivity index (χ3v) is 5.53. The van der Waals surface area contributed by atoms with Gasteiger partial charge in [0.1, 0.15) is 9.88 Å². The second-order valence-corrected chi connectivity index (χ2v) is 7.72. The number of hydrogen-bond acceptors (Lipinski definition) is 4. The maximum Gasteiger partial charge on any atom is 0.267 e. The summed E-state index contributed by atoms with van der Waals surface area (Å²) in [6.07, 6.45) is 0. The highest BCUT2D eigenvalue weighted by atomic mass is 35.5. The molecule has 134 valence electrons. The first-order valence-electron chi connectivity index (χ1n) is 8.18. The molecule has 0 unspecified atom stereocenters.